The first-order valence-corrected chi connectivity index (χ1v) is 5.62. The highest BCUT2D eigenvalue weighted by atomic mass is 35.5. The van der Waals surface area contributed by atoms with Gasteiger partial charge < -0.3 is 0 Å². The molecule has 0 amide bonds. The lowest BCUT2D eigenvalue weighted by Crippen LogP contribution is -2.12. The van der Waals surface area contributed by atoms with E-state index in [1.807, 2.05) is 0 Å². The van der Waals surface area contributed by atoms with Crippen molar-refractivity contribution in [3.8, 4) is 0 Å². The van der Waals surface area contributed by atoms with Gasteiger partial charge in [0.25, 0.3) is 0 Å². The van der Waals surface area contributed by atoms with Crippen molar-refractivity contribution in [3.05, 3.63) is 23.8 Å². The standard InChI is InChI=1S/C12H19Cl/c1-4-5-9(2)11-6-7-12(13)10(3)8-11/h6-10,12H,4-5H2,1-3H3. The van der Waals surface area contributed by atoms with Crippen LogP contribution in [0.2, 0.25) is 0 Å². The number of hydrogen-bond acceptors (Lipinski definition) is 0. The van der Waals surface area contributed by atoms with Crippen molar-refractivity contribution in [2.24, 2.45) is 11.8 Å². The maximum absolute atomic E-state index is 6.08. The predicted molar refractivity (Wildman–Crippen MR) is 60.1 cm³/mol. The zero-order valence-electron chi connectivity index (χ0n) is 8.76. The van der Waals surface area contributed by atoms with Gasteiger partial charge in [-0.15, -0.1) is 11.6 Å². The second-order valence-electron chi connectivity index (χ2n) is 4.02. The van der Waals surface area contributed by atoms with Gasteiger partial charge in [-0.05, 0) is 23.8 Å². The van der Waals surface area contributed by atoms with Gasteiger partial charge in [-0.3, -0.25) is 0 Å². The summed E-state index contributed by atoms with van der Waals surface area (Å²) in [6.45, 7) is 6.71. The third kappa shape index (κ3) is 2.87. The van der Waals surface area contributed by atoms with Crippen LogP contribution in [0.1, 0.15) is 33.6 Å². The molecule has 0 saturated carbocycles. The molecule has 0 bridgehead atoms. The first kappa shape index (κ1) is 10.8. The molecule has 0 heterocycles. The van der Waals surface area contributed by atoms with Gasteiger partial charge in [-0.25, -0.2) is 0 Å². The largest absolute Gasteiger partial charge is 0.118 e. The summed E-state index contributed by atoms with van der Waals surface area (Å²) in [5.74, 6) is 1.17. The Morgan fingerprint density at radius 1 is 1.54 bits per heavy atom. The molecule has 0 radical (unpaired) electrons. The van der Waals surface area contributed by atoms with Crippen molar-refractivity contribution < 1.29 is 0 Å². The van der Waals surface area contributed by atoms with E-state index in [2.05, 4.69) is 39.0 Å². The summed E-state index contributed by atoms with van der Waals surface area (Å²) in [5.41, 5.74) is 1.46. The van der Waals surface area contributed by atoms with Gasteiger partial charge in [0, 0.05) is 0 Å². The Morgan fingerprint density at radius 2 is 2.23 bits per heavy atom. The van der Waals surface area contributed by atoms with Gasteiger partial charge in [0.05, 0.1) is 5.38 Å². The normalized spacial score (nSPS) is 30.0. The summed E-state index contributed by atoms with van der Waals surface area (Å²) < 4.78 is 0. The van der Waals surface area contributed by atoms with Gasteiger partial charge in [0.1, 0.15) is 0 Å². The van der Waals surface area contributed by atoms with E-state index in [0.29, 0.717) is 11.8 Å². The highest BCUT2D eigenvalue weighted by Gasteiger charge is 2.16. The van der Waals surface area contributed by atoms with E-state index in [0.717, 1.165) is 0 Å². The second-order valence-corrected chi connectivity index (χ2v) is 4.52. The van der Waals surface area contributed by atoms with Gasteiger partial charge in [0.15, 0.2) is 0 Å². The quantitative estimate of drug-likeness (QED) is 0.598. The lowest BCUT2D eigenvalue weighted by Gasteiger charge is -2.21. The van der Waals surface area contributed by atoms with Gasteiger partial charge >= 0.3 is 0 Å². The van der Waals surface area contributed by atoms with Crippen molar-refractivity contribution in [2.45, 2.75) is 39.0 Å². The predicted octanol–water partition coefficient (Wildman–Crippen LogP) is 4.16. The molecule has 1 heteroatoms. The molecule has 0 aliphatic heterocycles. The molecule has 0 aromatic rings. The molecular weight excluding hydrogens is 180 g/mol. The van der Waals surface area contributed by atoms with Crippen LogP contribution in [0.4, 0.5) is 0 Å². The van der Waals surface area contributed by atoms with Crippen molar-refractivity contribution in [2.75, 3.05) is 0 Å². The Kier molecular flexibility index (Phi) is 4.05. The Morgan fingerprint density at radius 3 is 2.77 bits per heavy atom. The van der Waals surface area contributed by atoms with E-state index in [1.54, 1.807) is 0 Å². The highest BCUT2D eigenvalue weighted by molar-refractivity contribution is 6.22. The Labute approximate surface area is 86.7 Å². The van der Waals surface area contributed by atoms with Crippen LogP contribution in [0.15, 0.2) is 23.8 Å². The van der Waals surface area contributed by atoms with E-state index in [4.69, 9.17) is 11.6 Å². The Bertz CT molecular complexity index is 215. The SMILES string of the molecule is CCCC(C)C1=CC(C)C(Cl)C=C1. The van der Waals surface area contributed by atoms with Crippen LogP contribution < -0.4 is 0 Å². The molecule has 1 aliphatic carbocycles. The fraction of sp³-hybridized carbons (Fsp3) is 0.667. The Balaban J connectivity index is 2.61. The van der Waals surface area contributed by atoms with Crippen molar-refractivity contribution >= 4 is 11.6 Å². The maximum Gasteiger partial charge on any atom is 0.0579 e. The summed E-state index contributed by atoms with van der Waals surface area (Å²) in [4.78, 5) is 0. The van der Waals surface area contributed by atoms with Crippen LogP contribution in [-0.4, -0.2) is 5.38 Å². The van der Waals surface area contributed by atoms with Crippen LogP contribution in [0.5, 0.6) is 0 Å². The van der Waals surface area contributed by atoms with E-state index in [1.165, 1.54) is 18.4 Å². The van der Waals surface area contributed by atoms with Crippen molar-refractivity contribution in [1.29, 1.82) is 0 Å². The highest BCUT2D eigenvalue weighted by Crippen LogP contribution is 2.27. The molecule has 1 rings (SSSR count). The number of alkyl halides is 1. The number of rotatable bonds is 3. The molecule has 3 unspecified atom stereocenters. The Hall–Kier alpha value is -0.230. The molecule has 74 valence electrons. The van der Waals surface area contributed by atoms with E-state index < -0.39 is 0 Å². The smallest absolute Gasteiger partial charge is 0.0579 e. The zero-order chi connectivity index (χ0) is 9.84. The lowest BCUT2D eigenvalue weighted by molar-refractivity contribution is 0.595. The summed E-state index contributed by atoms with van der Waals surface area (Å²) >= 11 is 6.08. The fourth-order valence-electron chi connectivity index (χ4n) is 1.76. The summed E-state index contributed by atoms with van der Waals surface area (Å²) in [7, 11) is 0. The minimum absolute atomic E-state index is 0.192. The second kappa shape index (κ2) is 4.85. The summed E-state index contributed by atoms with van der Waals surface area (Å²) in [6.07, 6.45) is 9.16. The topological polar surface area (TPSA) is 0 Å². The zero-order valence-corrected chi connectivity index (χ0v) is 9.51. The van der Waals surface area contributed by atoms with Gasteiger partial charge in [-0.2, -0.15) is 0 Å². The van der Waals surface area contributed by atoms with Crippen LogP contribution in [-0.2, 0) is 0 Å². The van der Waals surface area contributed by atoms with E-state index in [-0.39, 0.29) is 5.38 Å². The molecule has 0 fully saturated rings. The van der Waals surface area contributed by atoms with E-state index >= 15 is 0 Å². The van der Waals surface area contributed by atoms with Crippen LogP contribution in [0.3, 0.4) is 0 Å². The molecule has 13 heavy (non-hydrogen) atoms. The average molecular weight is 199 g/mol. The minimum atomic E-state index is 0.192. The van der Waals surface area contributed by atoms with Crippen molar-refractivity contribution in [3.63, 3.8) is 0 Å². The number of halogens is 1. The van der Waals surface area contributed by atoms with Crippen LogP contribution in [0.25, 0.3) is 0 Å². The molecule has 1 aliphatic rings. The van der Waals surface area contributed by atoms with Crippen molar-refractivity contribution in [1.82, 2.24) is 0 Å². The first-order chi connectivity index (χ1) is 6.15. The molecular formula is C12H19Cl. The molecule has 0 aromatic heterocycles. The molecule has 3 atom stereocenters. The number of allylic oxidation sites excluding steroid dienone is 4. The van der Waals surface area contributed by atoms with E-state index in [9.17, 15) is 0 Å². The first-order valence-electron chi connectivity index (χ1n) is 5.19. The van der Waals surface area contributed by atoms with Crippen LogP contribution in [0, 0.1) is 11.8 Å². The lowest BCUT2D eigenvalue weighted by atomic mass is 9.88. The minimum Gasteiger partial charge on any atom is -0.118 e. The molecule has 0 N–H and O–H groups in total. The van der Waals surface area contributed by atoms with Gasteiger partial charge in [0.2, 0.25) is 0 Å². The van der Waals surface area contributed by atoms with Gasteiger partial charge in [-0.1, -0.05) is 45.4 Å². The summed E-state index contributed by atoms with van der Waals surface area (Å²) in [5, 5.41) is 0.192. The maximum atomic E-state index is 6.08. The average Bonchev–Trinajstić information content (AvgIpc) is 2.10. The molecule has 0 saturated heterocycles. The summed E-state index contributed by atoms with van der Waals surface area (Å²) in [6, 6.07) is 0. The fourth-order valence-corrected chi connectivity index (χ4v) is 1.90. The third-order valence-electron chi connectivity index (χ3n) is 2.72. The molecule has 0 spiro atoms. The monoisotopic (exact) mass is 198 g/mol. The number of hydrogen-bond donors (Lipinski definition) is 0. The molecule has 0 aromatic carbocycles. The molecule has 0 nitrogen and oxygen atoms in total. The third-order valence-corrected chi connectivity index (χ3v) is 3.26. The van der Waals surface area contributed by atoms with Crippen LogP contribution >= 0.6 is 11.6 Å².